The smallest absolute Gasteiger partial charge is 0.0409 e. The van der Waals surface area contributed by atoms with E-state index in [1.165, 1.54) is 0 Å². The summed E-state index contributed by atoms with van der Waals surface area (Å²) in [5.41, 5.74) is 6.50. The average molecular weight is 254 g/mol. The fraction of sp³-hybridized carbons (Fsp3) is 0. The fourth-order valence-electron chi connectivity index (χ4n) is 1.14. The van der Waals surface area contributed by atoms with Gasteiger partial charge < -0.3 is 5.73 Å². The third kappa shape index (κ3) is 2.91. The highest BCUT2D eigenvalue weighted by Crippen LogP contribution is 2.18. The zero-order chi connectivity index (χ0) is 7.68. The lowest BCUT2D eigenvalue weighted by molar-refractivity contribution is 1.36. The maximum atomic E-state index is 5.72. The summed E-state index contributed by atoms with van der Waals surface area (Å²) in [6, 6.07) is 7.79. The van der Waals surface area contributed by atoms with E-state index in [0.717, 1.165) is 16.5 Å². The zero-order valence-electron chi connectivity index (χ0n) is 7.21. The molecule has 78 valence electrons. The molecule has 1 heterocycles. The van der Waals surface area contributed by atoms with Crippen LogP contribution in [0.25, 0.3) is 10.8 Å². The van der Waals surface area contributed by atoms with E-state index in [1.807, 2.05) is 24.3 Å². The summed E-state index contributed by atoms with van der Waals surface area (Å²) in [5, 5.41) is 2.16. The van der Waals surface area contributed by atoms with Gasteiger partial charge in [-0.05, 0) is 17.5 Å². The van der Waals surface area contributed by atoms with Gasteiger partial charge >= 0.3 is 0 Å². The molecule has 2 N–H and O–H groups in total. The van der Waals surface area contributed by atoms with Crippen molar-refractivity contribution in [2.24, 2.45) is 0 Å². The Labute approximate surface area is 101 Å². The van der Waals surface area contributed by atoms with Gasteiger partial charge in [-0.25, -0.2) is 0 Å². The van der Waals surface area contributed by atoms with E-state index < -0.39 is 0 Å². The highest BCUT2D eigenvalue weighted by atomic mass is 35.5. The molecule has 2 rings (SSSR count). The summed E-state index contributed by atoms with van der Waals surface area (Å²) in [5.74, 6) is 0. The van der Waals surface area contributed by atoms with E-state index >= 15 is 0 Å². The number of benzene rings is 1. The van der Waals surface area contributed by atoms with Gasteiger partial charge in [-0.3, -0.25) is 4.98 Å². The number of hydrogen-bond acceptors (Lipinski definition) is 2. The minimum atomic E-state index is 0. The van der Waals surface area contributed by atoms with E-state index in [2.05, 4.69) is 4.98 Å². The number of pyridine rings is 1. The molecule has 5 heteroatoms. The first-order chi connectivity index (χ1) is 5.38. The number of anilines is 1. The molecule has 2 nitrogen and oxygen atoms in total. The highest BCUT2D eigenvalue weighted by molar-refractivity contribution is 5.91. The molecule has 0 aliphatic heterocycles. The van der Waals surface area contributed by atoms with Gasteiger partial charge in [0, 0.05) is 23.5 Å². The van der Waals surface area contributed by atoms with Crippen molar-refractivity contribution in [3.05, 3.63) is 36.7 Å². The van der Waals surface area contributed by atoms with Crippen molar-refractivity contribution < 1.29 is 0 Å². The molecule has 1 aromatic heterocycles. The molecule has 14 heavy (non-hydrogen) atoms. The van der Waals surface area contributed by atoms with Crippen LogP contribution >= 0.6 is 37.2 Å². The van der Waals surface area contributed by atoms with Gasteiger partial charge in [0.2, 0.25) is 0 Å². The summed E-state index contributed by atoms with van der Waals surface area (Å²) in [6.45, 7) is 0. The maximum absolute atomic E-state index is 5.72. The second-order valence-electron chi connectivity index (χ2n) is 2.44. The number of aromatic nitrogens is 1. The molecule has 0 unspecified atom stereocenters. The predicted molar refractivity (Wildman–Crippen MR) is 67.9 cm³/mol. The second kappa shape index (κ2) is 6.71. The second-order valence-corrected chi connectivity index (χ2v) is 2.44. The Bertz CT molecular complexity index is 387. The highest BCUT2D eigenvalue weighted by Gasteiger charge is 1.93. The van der Waals surface area contributed by atoms with Crippen LogP contribution in [0.4, 0.5) is 5.69 Å². The lowest BCUT2D eigenvalue weighted by Gasteiger charge is -1.98. The van der Waals surface area contributed by atoms with Crippen molar-refractivity contribution in [3.8, 4) is 0 Å². The van der Waals surface area contributed by atoms with Crippen molar-refractivity contribution in [1.29, 1.82) is 0 Å². The summed E-state index contributed by atoms with van der Waals surface area (Å²) >= 11 is 0. The summed E-state index contributed by atoms with van der Waals surface area (Å²) in [6.07, 6.45) is 3.55. The van der Waals surface area contributed by atoms with Gasteiger partial charge in [-0.15, -0.1) is 37.2 Å². The Morgan fingerprint density at radius 3 is 2.36 bits per heavy atom. The number of fused-ring (bicyclic) bond motifs is 1. The van der Waals surface area contributed by atoms with Crippen LogP contribution in [0.15, 0.2) is 36.7 Å². The molecular formula is C9H11Cl3N2. The molecule has 0 saturated carbocycles. The lowest BCUT2D eigenvalue weighted by Crippen LogP contribution is -1.86. The van der Waals surface area contributed by atoms with Crippen LogP contribution in [-0.4, -0.2) is 4.98 Å². The Balaban J connectivity index is 0. The monoisotopic (exact) mass is 252 g/mol. The van der Waals surface area contributed by atoms with E-state index in [1.54, 1.807) is 12.4 Å². The molecule has 0 bridgehead atoms. The van der Waals surface area contributed by atoms with E-state index in [0.29, 0.717) is 0 Å². The van der Waals surface area contributed by atoms with Crippen molar-refractivity contribution in [1.82, 2.24) is 4.98 Å². The first-order valence-corrected chi connectivity index (χ1v) is 3.46. The van der Waals surface area contributed by atoms with Gasteiger partial charge in [-0.2, -0.15) is 0 Å². The topological polar surface area (TPSA) is 38.9 Å². The third-order valence-electron chi connectivity index (χ3n) is 1.72. The Kier molecular flexibility index (Phi) is 7.55. The molecule has 1 aromatic carbocycles. The number of halogens is 3. The van der Waals surface area contributed by atoms with Crippen LogP contribution in [0.1, 0.15) is 0 Å². The quantitative estimate of drug-likeness (QED) is 0.733. The molecule has 0 radical (unpaired) electrons. The summed E-state index contributed by atoms with van der Waals surface area (Å²) < 4.78 is 0. The third-order valence-corrected chi connectivity index (χ3v) is 1.72. The number of rotatable bonds is 0. The number of nitrogen functional groups attached to an aromatic ring is 1. The molecule has 0 amide bonds. The van der Waals surface area contributed by atoms with Crippen LogP contribution in [0.3, 0.4) is 0 Å². The summed E-state index contributed by atoms with van der Waals surface area (Å²) in [7, 11) is 0. The SMILES string of the molecule is Cl.Cl.Cl.Nc1cccc2ccncc12. The van der Waals surface area contributed by atoms with Crippen LogP contribution in [0, 0.1) is 0 Å². The van der Waals surface area contributed by atoms with Crippen LogP contribution in [0.2, 0.25) is 0 Å². The van der Waals surface area contributed by atoms with Gasteiger partial charge in [0.1, 0.15) is 0 Å². The zero-order valence-corrected chi connectivity index (χ0v) is 9.66. The first kappa shape index (κ1) is 15.8. The van der Waals surface area contributed by atoms with Crippen molar-refractivity contribution in [2.75, 3.05) is 5.73 Å². The first-order valence-electron chi connectivity index (χ1n) is 3.46. The molecule has 0 aliphatic carbocycles. The Morgan fingerprint density at radius 1 is 1.00 bits per heavy atom. The van der Waals surface area contributed by atoms with Gasteiger partial charge in [0.25, 0.3) is 0 Å². The largest absolute Gasteiger partial charge is 0.398 e. The summed E-state index contributed by atoms with van der Waals surface area (Å²) in [4.78, 5) is 3.99. The van der Waals surface area contributed by atoms with E-state index in [-0.39, 0.29) is 37.2 Å². The van der Waals surface area contributed by atoms with Gasteiger partial charge in [-0.1, -0.05) is 12.1 Å². The Morgan fingerprint density at radius 2 is 1.71 bits per heavy atom. The van der Waals surface area contributed by atoms with Crippen LogP contribution < -0.4 is 5.73 Å². The molecular weight excluding hydrogens is 242 g/mol. The average Bonchev–Trinajstić information content (AvgIpc) is 2.06. The van der Waals surface area contributed by atoms with Crippen molar-refractivity contribution in [3.63, 3.8) is 0 Å². The van der Waals surface area contributed by atoms with Crippen LogP contribution in [0.5, 0.6) is 0 Å². The number of nitrogens with zero attached hydrogens (tertiary/aromatic N) is 1. The normalized spacial score (nSPS) is 8.00. The number of hydrogen-bond donors (Lipinski definition) is 1. The molecule has 0 atom stereocenters. The molecule has 2 aromatic rings. The number of nitrogens with two attached hydrogens (primary N) is 1. The molecule has 0 spiro atoms. The van der Waals surface area contributed by atoms with E-state index in [9.17, 15) is 0 Å². The van der Waals surface area contributed by atoms with Gasteiger partial charge in [0.05, 0.1) is 0 Å². The van der Waals surface area contributed by atoms with E-state index in [4.69, 9.17) is 5.73 Å². The minimum absolute atomic E-state index is 0. The van der Waals surface area contributed by atoms with Crippen LogP contribution in [-0.2, 0) is 0 Å². The fourth-order valence-corrected chi connectivity index (χ4v) is 1.14. The minimum Gasteiger partial charge on any atom is -0.398 e. The van der Waals surface area contributed by atoms with Crippen molar-refractivity contribution >= 4 is 53.7 Å². The Hall–Kier alpha value is -0.700. The lowest BCUT2D eigenvalue weighted by atomic mass is 10.1. The molecule has 0 aliphatic rings. The standard InChI is InChI=1S/C9H8N2.3ClH/c10-9-3-1-2-7-4-5-11-6-8(7)9;;;/h1-6H,10H2;3*1H. The van der Waals surface area contributed by atoms with Gasteiger partial charge in [0.15, 0.2) is 0 Å². The van der Waals surface area contributed by atoms with Crippen molar-refractivity contribution in [2.45, 2.75) is 0 Å². The molecule has 0 fully saturated rings. The molecule has 0 saturated heterocycles. The maximum Gasteiger partial charge on any atom is 0.0409 e. The predicted octanol–water partition coefficient (Wildman–Crippen LogP) is 3.08.